The lowest BCUT2D eigenvalue weighted by Crippen LogP contribution is -2.35. The first-order valence-corrected chi connectivity index (χ1v) is 9.88. The molecule has 1 atom stereocenters. The number of nitrogens with one attached hydrogen (secondary N) is 1. The monoisotopic (exact) mass is 378 g/mol. The highest BCUT2D eigenvalue weighted by molar-refractivity contribution is 5.98. The molecule has 4 nitrogen and oxygen atoms in total. The largest absolute Gasteiger partial charge is 0.384 e. The van der Waals surface area contributed by atoms with E-state index in [1.165, 1.54) is 25.5 Å². The van der Waals surface area contributed by atoms with E-state index < -0.39 is 0 Å². The van der Waals surface area contributed by atoms with Gasteiger partial charge in [0.15, 0.2) is 0 Å². The van der Waals surface area contributed by atoms with Crippen molar-refractivity contribution in [1.82, 2.24) is 9.88 Å². The summed E-state index contributed by atoms with van der Waals surface area (Å²) in [4.78, 5) is 6.62. The number of hydrogen-bond acceptors (Lipinski definition) is 4. The molecule has 28 heavy (non-hydrogen) atoms. The van der Waals surface area contributed by atoms with Gasteiger partial charge in [-0.05, 0) is 74.7 Å². The fourth-order valence-electron chi connectivity index (χ4n) is 4.26. The molecule has 1 saturated heterocycles. The molecule has 0 spiro atoms. The Morgan fingerprint density at radius 3 is 2.93 bits per heavy atom. The predicted molar refractivity (Wildman–Crippen MR) is 115 cm³/mol. The van der Waals surface area contributed by atoms with Crippen molar-refractivity contribution in [3.8, 4) is 11.1 Å². The Balaban J connectivity index is 1.74. The average molecular weight is 378 g/mol. The van der Waals surface area contributed by atoms with Crippen LogP contribution in [0.4, 0.5) is 15.9 Å². The molecule has 0 saturated carbocycles. The van der Waals surface area contributed by atoms with E-state index in [-0.39, 0.29) is 5.82 Å². The second-order valence-electron chi connectivity index (χ2n) is 7.94. The summed E-state index contributed by atoms with van der Waals surface area (Å²) in [5, 5.41) is 5.60. The molecule has 3 N–H and O–H groups in total. The summed E-state index contributed by atoms with van der Waals surface area (Å²) >= 11 is 0. The minimum absolute atomic E-state index is 0.206. The first-order valence-electron chi connectivity index (χ1n) is 9.88. The maximum atomic E-state index is 14.6. The summed E-state index contributed by atoms with van der Waals surface area (Å²) in [5.74, 6) is 0.886. The Bertz CT molecular complexity index is 981. The van der Waals surface area contributed by atoms with Gasteiger partial charge in [-0.1, -0.05) is 12.1 Å². The minimum Gasteiger partial charge on any atom is -0.384 e. The molecule has 1 aliphatic heterocycles. The molecule has 0 bridgehead atoms. The second-order valence-corrected chi connectivity index (χ2v) is 7.94. The molecule has 1 aliphatic rings. The summed E-state index contributed by atoms with van der Waals surface area (Å²) in [6.45, 7) is 5.10. The van der Waals surface area contributed by atoms with Gasteiger partial charge in [0.1, 0.15) is 11.6 Å². The summed E-state index contributed by atoms with van der Waals surface area (Å²) in [5.41, 5.74) is 9.34. The third-order valence-electron chi connectivity index (χ3n) is 5.67. The van der Waals surface area contributed by atoms with Crippen molar-refractivity contribution < 1.29 is 4.39 Å². The molecular weight excluding hydrogens is 351 g/mol. The number of hydrogen-bond donors (Lipinski definition) is 2. The summed E-state index contributed by atoms with van der Waals surface area (Å²) in [6.07, 6.45) is 4.23. The Morgan fingerprint density at radius 1 is 1.29 bits per heavy atom. The molecule has 2 aromatic carbocycles. The maximum Gasteiger partial charge on any atom is 0.131 e. The van der Waals surface area contributed by atoms with Crippen LogP contribution in [0, 0.1) is 18.7 Å². The molecular formula is C23H27FN4. The SMILES string of the molecule is Cc1cccc(F)c1-c1cc(NC[C@H]2CCCN(C)C2)c2cc(N)ncc2c1. The molecule has 0 aliphatic carbocycles. The first-order chi connectivity index (χ1) is 13.5. The summed E-state index contributed by atoms with van der Waals surface area (Å²) in [7, 11) is 2.18. The average Bonchev–Trinajstić information content (AvgIpc) is 2.66. The molecule has 3 aromatic rings. The van der Waals surface area contributed by atoms with Crippen LogP contribution in [0.25, 0.3) is 21.9 Å². The van der Waals surface area contributed by atoms with Crippen molar-refractivity contribution in [1.29, 1.82) is 0 Å². The van der Waals surface area contributed by atoms with Gasteiger partial charge < -0.3 is 16.0 Å². The van der Waals surface area contributed by atoms with Crippen molar-refractivity contribution in [3.05, 3.63) is 54.0 Å². The highest BCUT2D eigenvalue weighted by atomic mass is 19.1. The lowest BCUT2D eigenvalue weighted by atomic mass is 9.95. The van der Waals surface area contributed by atoms with Gasteiger partial charge in [0.25, 0.3) is 0 Å². The Hall–Kier alpha value is -2.66. The topological polar surface area (TPSA) is 54.2 Å². The van der Waals surface area contributed by atoms with Crippen molar-refractivity contribution >= 4 is 22.3 Å². The van der Waals surface area contributed by atoms with Crippen molar-refractivity contribution in [2.75, 3.05) is 37.7 Å². The van der Waals surface area contributed by atoms with Crippen LogP contribution in [-0.4, -0.2) is 36.6 Å². The summed E-state index contributed by atoms with van der Waals surface area (Å²) < 4.78 is 14.6. The van der Waals surface area contributed by atoms with E-state index in [2.05, 4.69) is 22.2 Å². The fraction of sp³-hybridized carbons (Fsp3) is 0.348. The van der Waals surface area contributed by atoms with E-state index in [1.54, 1.807) is 12.3 Å². The van der Waals surface area contributed by atoms with Crippen LogP contribution < -0.4 is 11.1 Å². The molecule has 5 heteroatoms. The van der Waals surface area contributed by atoms with Gasteiger partial charge in [0, 0.05) is 41.3 Å². The van der Waals surface area contributed by atoms with Crippen molar-refractivity contribution in [2.45, 2.75) is 19.8 Å². The molecule has 1 aromatic heterocycles. The predicted octanol–water partition coefficient (Wildman–Crippen LogP) is 4.69. The van der Waals surface area contributed by atoms with Gasteiger partial charge in [-0.3, -0.25) is 0 Å². The highest BCUT2D eigenvalue weighted by Gasteiger charge is 2.18. The van der Waals surface area contributed by atoms with Gasteiger partial charge in [0.2, 0.25) is 0 Å². The van der Waals surface area contributed by atoms with Crippen LogP contribution in [0.5, 0.6) is 0 Å². The van der Waals surface area contributed by atoms with E-state index in [0.717, 1.165) is 40.7 Å². The quantitative estimate of drug-likeness (QED) is 0.692. The van der Waals surface area contributed by atoms with Crippen LogP contribution in [0.15, 0.2) is 42.6 Å². The zero-order valence-corrected chi connectivity index (χ0v) is 16.5. The van der Waals surface area contributed by atoms with E-state index in [9.17, 15) is 4.39 Å². The lowest BCUT2D eigenvalue weighted by Gasteiger charge is -2.30. The first kappa shape index (κ1) is 18.7. The molecule has 0 unspecified atom stereocenters. The molecule has 0 radical (unpaired) electrons. The second kappa shape index (κ2) is 7.76. The van der Waals surface area contributed by atoms with E-state index in [1.807, 2.05) is 31.2 Å². The van der Waals surface area contributed by atoms with E-state index in [0.29, 0.717) is 17.3 Å². The number of aryl methyl sites for hydroxylation is 1. The Morgan fingerprint density at radius 2 is 2.14 bits per heavy atom. The van der Waals surface area contributed by atoms with Crippen LogP contribution >= 0.6 is 0 Å². The smallest absolute Gasteiger partial charge is 0.131 e. The Labute approximate surface area is 165 Å². The number of likely N-dealkylation sites (tertiary alicyclic amines) is 1. The maximum absolute atomic E-state index is 14.6. The number of aromatic nitrogens is 1. The van der Waals surface area contributed by atoms with Crippen LogP contribution in [-0.2, 0) is 0 Å². The van der Waals surface area contributed by atoms with Crippen LogP contribution in [0.1, 0.15) is 18.4 Å². The molecule has 0 amide bonds. The minimum atomic E-state index is -0.206. The number of nitrogens with zero attached hydrogens (tertiary/aromatic N) is 2. The normalized spacial score (nSPS) is 17.8. The Kier molecular flexibility index (Phi) is 5.18. The number of nitrogen functional groups attached to an aromatic ring is 1. The number of fused-ring (bicyclic) bond motifs is 1. The fourth-order valence-corrected chi connectivity index (χ4v) is 4.26. The number of halogens is 1. The standard InChI is InChI=1S/C23H27FN4/c1-15-5-3-7-20(24)23(15)17-9-18-13-27-22(25)11-19(18)21(10-17)26-12-16-6-4-8-28(2)14-16/h3,5,7,9-11,13,16,26H,4,6,8,12,14H2,1-2H3,(H2,25,27)/t16-/m1/s1. The number of piperidine rings is 1. The van der Waals surface area contributed by atoms with E-state index >= 15 is 0 Å². The van der Waals surface area contributed by atoms with Crippen LogP contribution in [0.2, 0.25) is 0 Å². The number of pyridine rings is 1. The van der Waals surface area contributed by atoms with Crippen molar-refractivity contribution in [3.63, 3.8) is 0 Å². The molecule has 2 heterocycles. The van der Waals surface area contributed by atoms with Gasteiger partial charge in [-0.25, -0.2) is 9.37 Å². The lowest BCUT2D eigenvalue weighted by molar-refractivity contribution is 0.217. The van der Waals surface area contributed by atoms with Gasteiger partial charge in [-0.2, -0.15) is 0 Å². The number of rotatable bonds is 4. The van der Waals surface area contributed by atoms with Gasteiger partial charge in [-0.15, -0.1) is 0 Å². The van der Waals surface area contributed by atoms with Crippen LogP contribution in [0.3, 0.4) is 0 Å². The highest BCUT2D eigenvalue weighted by Crippen LogP contribution is 2.34. The summed E-state index contributed by atoms with van der Waals surface area (Å²) in [6, 6.07) is 11.1. The van der Waals surface area contributed by atoms with Crippen molar-refractivity contribution in [2.24, 2.45) is 5.92 Å². The zero-order valence-electron chi connectivity index (χ0n) is 16.5. The molecule has 146 valence electrons. The molecule has 4 rings (SSSR count). The third-order valence-corrected chi connectivity index (χ3v) is 5.67. The third kappa shape index (κ3) is 3.80. The number of benzene rings is 2. The zero-order chi connectivity index (χ0) is 19.7. The van der Waals surface area contributed by atoms with Gasteiger partial charge in [0.05, 0.1) is 0 Å². The molecule has 1 fully saturated rings. The number of anilines is 2. The van der Waals surface area contributed by atoms with E-state index in [4.69, 9.17) is 5.73 Å². The van der Waals surface area contributed by atoms with Gasteiger partial charge >= 0.3 is 0 Å². The number of nitrogens with two attached hydrogens (primary N) is 1.